The van der Waals surface area contributed by atoms with Crippen LogP contribution in [0.2, 0.25) is 0 Å². The smallest absolute Gasteiger partial charge is 0.335 e. The van der Waals surface area contributed by atoms with Gasteiger partial charge in [-0.1, -0.05) is 6.92 Å². The molecular formula is C8H14O4. The Hall–Kier alpha value is -0.610. The van der Waals surface area contributed by atoms with Gasteiger partial charge in [0.05, 0.1) is 12.7 Å². The average Bonchev–Trinajstić information content (AvgIpc) is 2.04. The molecule has 2 atom stereocenters. The Morgan fingerprint density at radius 2 is 2.42 bits per heavy atom. The summed E-state index contributed by atoms with van der Waals surface area (Å²) in [5.41, 5.74) is -1.56. The van der Waals surface area contributed by atoms with Crippen molar-refractivity contribution >= 4 is 5.97 Å². The number of rotatable bonds is 2. The van der Waals surface area contributed by atoms with Crippen LogP contribution in [-0.2, 0) is 9.53 Å². The largest absolute Gasteiger partial charge is 0.479 e. The van der Waals surface area contributed by atoms with E-state index in [1.807, 2.05) is 6.92 Å². The van der Waals surface area contributed by atoms with Crippen LogP contribution in [0.1, 0.15) is 26.2 Å². The predicted molar refractivity (Wildman–Crippen MR) is 41.9 cm³/mol. The zero-order valence-corrected chi connectivity index (χ0v) is 7.12. The lowest BCUT2D eigenvalue weighted by molar-refractivity contribution is -0.174. The van der Waals surface area contributed by atoms with E-state index < -0.39 is 11.6 Å². The number of carbonyl (C=O) groups is 1. The fourth-order valence-electron chi connectivity index (χ4n) is 1.39. The maximum absolute atomic E-state index is 10.6. The second-order valence-electron chi connectivity index (χ2n) is 3.19. The average molecular weight is 174 g/mol. The fraction of sp³-hybridized carbons (Fsp3) is 0.875. The second-order valence-corrected chi connectivity index (χ2v) is 3.19. The van der Waals surface area contributed by atoms with Crippen molar-refractivity contribution in [2.24, 2.45) is 0 Å². The highest BCUT2D eigenvalue weighted by molar-refractivity contribution is 5.77. The van der Waals surface area contributed by atoms with Crippen LogP contribution in [0.15, 0.2) is 0 Å². The Kier molecular flexibility index (Phi) is 2.69. The molecule has 4 nitrogen and oxygen atoms in total. The molecule has 2 N–H and O–H groups in total. The van der Waals surface area contributed by atoms with E-state index in [0.717, 1.165) is 6.42 Å². The van der Waals surface area contributed by atoms with E-state index in [1.54, 1.807) is 0 Å². The summed E-state index contributed by atoms with van der Waals surface area (Å²) in [6.07, 6.45) is 1.03. The molecule has 70 valence electrons. The summed E-state index contributed by atoms with van der Waals surface area (Å²) in [4.78, 5) is 10.6. The molecule has 1 rings (SSSR count). The van der Waals surface area contributed by atoms with Gasteiger partial charge in [-0.05, 0) is 6.42 Å². The summed E-state index contributed by atoms with van der Waals surface area (Å²) in [5, 5.41) is 18.3. The van der Waals surface area contributed by atoms with Gasteiger partial charge in [-0.3, -0.25) is 0 Å². The molecule has 1 saturated heterocycles. The van der Waals surface area contributed by atoms with Gasteiger partial charge in [0, 0.05) is 12.8 Å². The fourth-order valence-corrected chi connectivity index (χ4v) is 1.39. The van der Waals surface area contributed by atoms with E-state index in [-0.39, 0.29) is 18.9 Å². The first kappa shape index (κ1) is 9.48. The molecule has 0 aromatic rings. The minimum atomic E-state index is -1.56. The van der Waals surface area contributed by atoms with Crippen molar-refractivity contribution in [1.29, 1.82) is 0 Å². The maximum atomic E-state index is 10.6. The highest BCUT2D eigenvalue weighted by Gasteiger charge is 2.41. The lowest BCUT2D eigenvalue weighted by Crippen LogP contribution is -2.46. The third-order valence-corrected chi connectivity index (χ3v) is 2.29. The standard InChI is InChI=1S/C8H14O4/c1-2-6-5-8(11,7(9)10)3-4-12-6/h6,11H,2-5H2,1H3,(H,9,10). The Labute approximate surface area is 71.2 Å². The number of hydrogen-bond acceptors (Lipinski definition) is 3. The first-order chi connectivity index (χ1) is 5.58. The van der Waals surface area contributed by atoms with Gasteiger partial charge in [0.15, 0.2) is 5.60 Å². The Morgan fingerprint density at radius 3 is 2.92 bits per heavy atom. The first-order valence-corrected chi connectivity index (χ1v) is 4.16. The van der Waals surface area contributed by atoms with Gasteiger partial charge in [0.2, 0.25) is 0 Å². The third-order valence-electron chi connectivity index (χ3n) is 2.29. The molecule has 0 bridgehead atoms. The number of carboxylic acid groups (broad SMARTS) is 1. The summed E-state index contributed by atoms with van der Waals surface area (Å²) >= 11 is 0. The molecule has 0 aliphatic carbocycles. The summed E-state index contributed by atoms with van der Waals surface area (Å²) in [7, 11) is 0. The molecule has 0 saturated carbocycles. The zero-order valence-electron chi connectivity index (χ0n) is 7.12. The van der Waals surface area contributed by atoms with Gasteiger partial charge in [-0.25, -0.2) is 4.79 Å². The molecule has 1 heterocycles. The van der Waals surface area contributed by atoms with Gasteiger partial charge in [-0.2, -0.15) is 0 Å². The molecule has 1 fully saturated rings. The van der Waals surface area contributed by atoms with Crippen molar-refractivity contribution in [2.45, 2.75) is 37.9 Å². The molecule has 1 aliphatic rings. The Bertz CT molecular complexity index is 180. The molecular weight excluding hydrogens is 160 g/mol. The van der Waals surface area contributed by atoms with Gasteiger partial charge in [0.25, 0.3) is 0 Å². The molecule has 0 aromatic heterocycles. The highest BCUT2D eigenvalue weighted by atomic mass is 16.5. The Balaban J connectivity index is 2.61. The SMILES string of the molecule is CCC1CC(O)(C(=O)O)CCO1. The lowest BCUT2D eigenvalue weighted by Gasteiger charge is -2.33. The number of carboxylic acids is 1. The van der Waals surface area contributed by atoms with E-state index >= 15 is 0 Å². The first-order valence-electron chi connectivity index (χ1n) is 4.16. The highest BCUT2D eigenvalue weighted by Crippen LogP contribution is 2.26. The van der Waals surface area contributed by atoms with Gasteiger partial charge >= 0.3 is 5.97 Å². The topological polar surface area (TPSA) is 66.8 Å². The van der Waals surface area contributed by atoms with Crippen LogP contribution in [-0.4, -0.2) is 34.5 Å². The number of aliphatic hydroxyl groups is 1. The molecule has 2 unspecified atom stereocenters. The number of aliphatic carboxylic acids is 1. The van der Waals surface area contributed by atoms with Crippen LogP contribution in [0.5, 0.6) is 0 Å². The van der Waals surface area contributed by atoms with Crippen LogP contribution < -0.4 is 0 Å². The van der Waals surface area contributed by atoms with Crippen LogP contribution >= 0.6 is 0 Å². The molecule has 0 spiro atoms. The van der Waals surface area contributed by atoms with E-state index in [4.69, 9.17) is 9.84 Å². The summed E-state index contributed by atoms with van der Waals surface area (Å²) in [6.45, 7) is 2.25. The lowest BCUT2D eigenvalue weighted by atomic mass is 9.90. The van der Waals surface area contributed by atoms with E-state index in [2.05, 4.69) is 0 Å². The van der Waals surface area contributed by atoms with E-state index in [1.165, 1.54) is 0 Å². The third kappa shape index (κ3) is 1.76. The summed E-state index contributed by atoms with van der Waals surface area (Å²) in [6, 6.07) is 0. The number of hydrogen-bond donors (Lipinski definition) is 2. The number of ether oxygens (including phenoxy) is 1. The van der Waals surface area contributed by atoms with Crippen molar-refractivity contribution in [3.63, 3.8) is 0 Å². The van der Waals surface area contributed by atoms with Gasteiger partial charge in [-0.15, -0.1) is 0 Å². The molecule has 0 radical (unpaired) electrons. The van der Waals surface area contributed by atoms with Crippen LogP contribution in [0.4, 0.5) is 0 Å². The zero-order chi connectivity index (χ0) is 9.19. The summed E-state index contributed by atoms with van der Waals surface area (Å²) in [5.74, 6) is -1.13. The van der Waals surface area contributed by atoms with Crippen molar-refractivity contribution < 1.29 is 19.7 Å². The molecule has 12 heavy (non-hydrogen) atoms. The van der Waals surface area contributed by atoms with Crippen molar-refractivity contribution in [1.82, 2.24) is 0 Å². The normalized spacial score (nSPS) is 36.3. The molecule has 0 amide bonds. The minimum absolute atomic E-state index is 0.111. The predicted octanol–water partition coefficient (Wildman–Crippen LogP) is 0.391. The maximum Gasteiger partial charge on any atom is 0.335 e. The van der Waals surface area contributed by atoms with Crippen molar-refractivity contribution in [3.05, 3.63) is 0 Å². The second kappa shape index (κ2) is 3.41. The monoisotopic (exact) mass is 174 g/mol. The van der Waals surface area contributed by atoms with Crippen molar-refractivity contribution in [2.75, 3.05) is 6.61 Å². The molecule has 1 aliphatic heterocycles. The summed E-state index contributed by atoms with van der Waals surface area (Å²) < 4.78 is 5.25. The van der Waals surface area contributed by atoms with Gasteiger partial charge < -0.3 is 14.9 Å². The van der Waals surface area contributed by atoms with E-state index in [0.29, 0.717) is 6.61 Å². The molecule has 0 aromatic carbocycles. The van der Waals surface area contributed by atoms with Crippen LogP contribution in [0, 0.1) is 0 Å². The van der Waals surface area contributed by atoms with Crippen LogP contribution in [0.25, 0.3) is 0 Å². The van der Waals surface area contributed by atoms with Gasteiger partial charge in [0.1, 0.15) is 0 Å². The van der Waals surface area contributed by atoms with Crippen molar-refractivity contribution in [3.8, 4) is 0 Å². The minimum Gasteiger partial charge on any atom is -0.479 e. The van der Waals surface area contributed by atoms with E-state index in [9.17, 15) is 9.90 Å². The quantitative estimate of drug-likeness (QED) is 0.635. The van der Waals surface area contributed by atoms with Crippen LogP contribution in [0.3, 0.4) is 0 Å². The Morgan fingerprint density at radius 1 is 1.75 bits per heavy atom. The molecule has 4 heteroatoms.